The highest BCUT2D eigenvalue weighted by atomic mass is 32.1. The van der Waals surface area contributed by atoms with Crippen molar-refractivity contribution in [3.05, 3.63) is 0 Å². The summed E-state index contributed by atoms with van der Waals surface area (Å²) in [5.74, 6) is 0.609. The van der Waals surface area contributed by atoms with Crippen molar-refractivity contribution >= 4 is 17.3 Å². The van der Waals surface area contributed by atoms with Crippen LogP contribution in [0.15, 0.2) is 0 Å². The molecule has 4 heteroatoms. The summed E-state index contributed by atoms with van der Waals surface area (Å²) >= 11 is 5.68. The molecular formula is C17H37N3S. The Morgan fingerprint density at radius 3 is 1.95 bits per heavy atom. The molecule has 0 aromatic carbocycles. The van der Waals surface area contributed by atoms with E-state index in [2.05, 4.69) is 77.7 Å². The summed E-state index contributed by atoms with van der Waals surface area (Å²) in [5.41, 5.74) is 0.307. The van der Waals surface area contributed by atoms with Crippen LogP contribution in [0.25, 0.3) is 0 Å². The number of hydrogen-bond donors (Lipinski definition) is 1. The number of rotatable bonds is 7. The summed E-state index contributed by atoms with van der Waals surface area (Å²) in [4.78, 5) is 4.51. The minimum absolute atomic E-state index is 0.0165. The molecule has 0 aromatic rings. The Balaban J connectivity index is 4.71. The highest BCUT2D eigenvalue weighted by molar-refractivity contribution is 7.80. The number of nitrogens with one attached hydrogen (secondary N) is 1. The molecule has 0 bridgehead atoms. The van der Waals surface area contributed by atoms with E-state index in [0.29, 0.717) is 11.3 Å². The van der Waals surface area contributed by atoms with E-state index in [4.69, 9.17) is 12.2 Å². The van der Waals surface area contributed by atoms with Crippen LogP contribution in [0.5, 0.6) is 0 Å². The van der Waals surface area contributed by atoms with E-state index in [1.54, 1.807) is 0 Å². The largest absolute Gasteiger partial charge is 0.358 e. The van der Waals surface area contributed by atoms with Gasteiger partial charge in [0.05, 0.1) is 0 Å². The predicted octanol–water partition coefficient (Wildman–Crippen LogP) is 3.60. The fourth-order valence-electron chi connectivity index (χ4n) is 2.78. The van der Waals surface area contributed by atoms with Crippen LogP contribution in [0.1, 0.15) is 54.9 Å². The van der Waals surface area contributed by atoms with E-state index in [1.807, 2.05) is 0 Å². The number of likely N-dealkylation sites (N-methyl/N-ethyl adjacent to an activating group) is 1. The molecule has 0 rings (SSSR count). The van der Waals surface area contributed by atoms with Gasteiger partial charge in [-0.1, -0.05) is 34.6 Å². The van der Waals surface area contributed by atoms with Crippen molar-refractivity contribution in [2.24, 2.45) is 11.3 Å². The Morgan fingerprint density at radius 2 is 1.57 bits per heavy atom. The molecule has 1 N–H and O–H groups in total. The van der Waals surface area contributed by atoms with Crippen molar-refractivity contribution in [1.29, 1.82) is 0 Å². The third kappa shape index (κ3) is 10.9. The molecular weight excluding hydrogens is 278 g/mol. The lowest BCUT2D eigenvalue weighted by Gasteiger charge is -2.38. The van der Waals surface area contributed by atoms with Crippen LogP contribution in [-0.4, -0.2) is 54.2 Å². The van der Waals surface area contributed by atoms with Crippen LogP contribution >= 0.6 is 12.2 Å². The van der Waals surface area contributed by atoms with Crippen LogP contribution in [0.2, 0.25) is 0 Å². The molecule has 0 radical (unpaired) electrons. The topological polar surface area (TPSA) is 18.5 Å². The Morgan fingerprint density at radius 1 is 1.05 bits per heavy atom. The maximum Gasteiger partial charge on any atom is 0.169 e. The van der Waals surface area contributed by atoms with Crippen molar-refractivity contribution in [3.63, 3.8) is 0 Å². The maximum atomic E-state index is 5.68. The first-order valence-corrected chi connectivity index (χ1v) is 8.45. The molecule has 0 fully saturated rings. The molecule has 126 valence electrons. The molecule has 0 saturated heterocycles. The average Bonchev–Trinajstić information content (AvgIpc) is 2.18. The van der Waals surface area contributed by atoms with Gasteiger partial charge in [-0.15, -0.1) is 0 Å². The lowest BCUT2D eigenvalue weighted by atomic mass is 9.82. The molecule has 0 aromatic heterocycles. The zero-order valence-electron chi connectivity index (χ0n) is 15.7. The summed E-state index contributed by atoms with van der Waals surface area (Å²) in [6, 6.07) is 0. The van der Waals surface area contributed by atoms with Crippen molar-refractivity contribution in [3.8, 4) is 0 Å². The Labute approximate surface area is 138 Å². The van der Waals surface area contributed by atoms with Gasteiger partial charge in [0, 0.05) is 25.2 Å². The van der Waals surface area contributed by atoms with Gasteiger partial charge in [0.2, 0.25) is 0 Å². The van der Waals surface area contributed by atoms with Crippen molar-refractivity contribution in [2.45, 2.75) is 60.4 Å². The van der Waals surface area contributed by atoms with E-state index < -0.39 is 0 Å². The summed E-state index contributed by atoms with van der Waals surface area (Å²) in [5, 5.41) is 4.47. The summed E-state index contributed by atoms with van der Waals surface area (Å²) in [6.07, 6.45) is 1.09. The molecule has 21 heavy (non-hydrogen) atoms. The van der Waals surface area contributed by atoms with E-state index in [0.717, 1.165) is 31.2 Å². The molecule has 0 unspecified atom stereocenters. The third-order valence-corrected chi connectivity index (χ3v) is 3.47. The molecule has 0 heterocycles. The fraction of sp³-hybridized carbons (Fsp3) is 0.941. The smallest absolute Gasteiger partial charge is 0.169 e. The van der Waals surface area contributed by atoms with E-state index in [1.165, 1.54) is 0 Å². The molecule has 0 amide bonds. The number of thiocarbonyl (C=S) groups is 1. The lowest BCUT2D eigenvalue weighted by Crippen LogP contribution is -2.53. The van der Waals surface area contributed by atoms with Crippen LogP contribution in [0.4, 0.5) is 0 Å². The molecule has 0 saturated carbocycles. The highest BCUT2D eigenvalue weighted by Crippen LogP contribution is 2.26. The highest BCUT2D eigenvalue weighted by Gasteiger charge is 2.27. The van der Waals surface area contributed by atoms with Crippen LogP contribution < -0.4 is 5.32 Å². The molecule has 0 aliphatic heterocycles. The quantitative estimate of drug-likeness (QED) is 0.723. The normalized spacial score (nSPS) is 12.9. The van der Waals surface area contributed by atoms with Crippen LogP contribution in [0, 0.1) is 11.3 Å². The van der Waals surface area contributed by atoms with Gasteiger partial charge in [0.1, 0.15) is 0 Å². The summed E-state index contributed by atoms with van der Waals surface area (Å²) in [7, 11) is 4.21. The molecule has 0 atom stereocenters. The minimum Gasteiger partial charge on any atom is -0.358 e. The average molecular weight is 316 g/mol. The van der Waals surface area contributed by atoms with E-state index in [9.17, 15) is 0 Å². The van der Waals surface area contributed by atoms with Crippen molar-refractivity contribution in [2.75, 3.05) is 33.7 Å². The summed E-state index contributed by atoms with van der Waals surface area (Å²) in [6.45, 7) is 18.8. The maximum absolute atomic E-state index is 5.68. The van der Waals surface area contributed by atoms with Gasteiger partial charge in [-0.3, -0.25) is 0 Å². The first-order chi connectivity index (χ1) is 9.32. The fourth-order valence-corrected chi connectivity index (χ4v) is 3.22. The molecule has 0 aliphatic carbocycles. The Bertz CT molecular complexity index is 316. The molecule has 0 aliphatic rings. The Kier molecular flexibility index (Phi) is 8.19. The van der Waals surface area contributed by atoms with Crippen molar-refractivity contribution < 1.29 is 0 Å². The van der Waals surface area contributed by atoms with Gasteiger partial charge in [-0.25, -0.2) is 0 Å². The second kappa shape index (κ2) is 8.33. The van der Waals surface area contributed by atoms with Crippen LogP contribution in [0.3, 0.4) is 0 Å². The zero-order valence-corrected chi connectivity index (χ0v) is 16.5. The minimum atomic E-state index is 0.0165. The van der Waals surface area contributed by atoms with E-state index in [-0.39, 0.29) is 5.54 Å². The van der Waals surface area contributed by atoms with Crippen LogP contribution in [-0.2, 0) is 0 Å². The van der Waals surface area contributed by atoms with Gasteiger partial charge in [0.15, 0.2) is 5.11 Å². The predicted molar refractivity (Wildman–Crippen MR) is 98.8 cm³/mol. The second-order valence-electron chi connectivity index (χ2n) is 8.69. The number of hydrogen-bond acceptors (Lipinski definition) is 2. The van der Waals surface area contributed by atoms with Gasteiger partial charge in [0.25, 0.3) is 0 Å². The third-order valence-electron chi connectivity index (χ3n) is 3.11. The molecule has 0 spiro atoms. The molecule has 3 nitrogen and oxygen atoms in total. The zero-order chi connectivity index (χ0) is 16.8. The van der Waals surface area contributed by atoms with Gasteiger partial charge < -0.3 is 15.1 Å². The Hall–Kier alpha value is -0.350. The first kappa shape index (κ1) is 20.6. The summed E-state index contributed by atoms with van der Waals surface area (Å²) < 4.78 is 0. The second-order valence-corrected chi connectivity index (χ2v) is 9.08. The van der Waals surface area contributed by atoms with Gasteiger partial charge in [-0.2, -0.15) is 0 Å². The first-order valence-electron chi connectivity index (χ1n) is 8.04. The lowest BCUT2D eigenvalue weighted by molar-refractivity contribution is 0.251. The standard InChI is InChI=1S/C17H37N3S/c1-14(2)12-20(11-10-19(8)9)15(21)18-17(6,7)13-16(3,4)5/h14H,10-13H2,1-9H3,(H,18,21). The van der Waals surface area contributed by atoms with Gasteiger partial charge >= 0.3 is 0 Å². The number of nitrogens with zero attached hydrogens (tertiary/aromatic N) is 2. The van der Waals surface area contributed by atoms with E-state index >= 15 is 0 Å². The van der Waals surface area contributed by atoms with Gasteiger partial charge in [-0.05, 0) is 57.9 Å². The SMILES string of the molecule is CC(C)CN(CCN(C)C)C(=S)NC(C)(C)CC(C)(C)C. The van der Waals surface area contributed by atoms with Crippen molar-refractivity contribution in [1.82, 2.24) is 15.1 Å². The monoisotopic (exact) mass is 315 g/mol.